The second kappa shape index (κ2) is 3.94. The van der Waals surface area contributed by atoms with Crippen LogP contribution in [0.25, 0.3) is 6.08 Å². The van der Waals surface area contributed by atoms with Crippen molar-refractivity contribution in [2.75, 3.05) is 0 Å². The molecule has 0 unspecified atom stereocenters. The third-order valence-corrected chi connectivity index (χ3v) is 1.46. The van der Waals surface area contributed by atoms with E-state index in [1.165, 1.54) is 0 Å². The van der Waals surface area contributed by atoms with Gasteiger partial charge in [-0.3, -0.25) is 0 Å². The molecule has 0 radical (unpaired) electrons. The SMILES string of the molecule is N=CC(Cl)=Cc1ccccc1. The Morgan fingerprint density at radius 3 is 2.45 bits per heavy atom. The van der Waals surface area contributed by atoms with Gasteiger partial charge in [-0.15, -0.1) is 0 Å². The molecule has 11 heavy (non-hydrogen) atoms. The van der Waals surface area contributed by atoms with Gasteiger partial charge in [0.05, 0.1) is 5.03 Å². The van der Waals surface area contributed by atoms with E-state index >= 15 is 0 Å². The Hall–Kier alpha value is -1.08. The molecule has 1 rings (SSSR count). The highest BCUT2D eigenvalue weighted by molar-refractivity contribution is 6.40. The summed E-state index contributed by atoms with van der Waals surface area (Å²) in [7, 11) is 0. The van der Waals surface area contributed by atoms with Gasteiger partial charge in [-0.1, -0.05) is 41.9 Å². The number of allylic oxidation sites excluding steroid dienone is 1. The Labute approximate surface area is 70.8 Å². The molecule has 0 spiro atoms. The molecule has 0 aliphatic carbocycles. The standard InChI is InChI=1S/C9H8ClN/c10-9(7-11)6-8-4-2-1-3-5-8/h1-7,11H. The second-order valence-electron chi connectivity index (χ2n) is 2.08. The predicted octanol–water partition coefficient (Wildman–Crippen LogP) is 2.92. The Bertz CT molecular complexity index is 264. The Morgan fingerprint density at radius 1 is 1.27 bits per heavy atom. The van der Waals surface area contributed by atoms with Crippen LogP contribution < -0.4 is 0 Å². The summed E-state index contributed by atoms with van der Waals surface area (Å²) in [6.45, 7) is 0. The average molecular weight is 166 g/mol. The van der Waals surface area contributed by atoms with E-state index in [1.54, 1.807) is 6.08 Å². The van der Waals surface area contributed by atoms with E-state index in [9.17, 15) is 0 Å². The van der Waals surface area contributed by atoms with E-state index in [2.05, 4.69) is 0 Å². The van der Waals surface area contributed by atoms with Crippen LogP contribution in [0.2, 0.25) is 0 Å². The lowest BCUT2D eigenvalue weighted by atomic mass is 10.2. The first-order valence-electron chi connectivity index (χ1n) is 3.25. The number of halogens is 1. The van der Waals surface area contributed by atoms with Crippen molar-refractivity contribution >= 4 is 23.9 Å². The smallest absolute Gasteiger partial charge is 0.0587 e. The molecule has 0 amide bonds. The first-order chi connectivity index (χ1) is 5.33. The van der Waals surface area contributed by atoms with Crippen molar-refractivity contribution in [3.05, 3.63) is 40.9 Å². The van der Waals surface area contributed by atoms with Crippen molar-refractivity contribution < 1.29 is 0 Å². The number of hydrogen-bond donors (Lipinski definition) is 1. The van der Waals surface area contributed by atoms with Gasteiger partial charge in [0.15, 0.2) is 0 Å². The Kier molecular flexibility index (Phi) is 2.87. The average Bonchev–Trinajstić information content (AvgIpc) is 2.06. The molecule has 1 N–H and O–H groups in total. The fourth-order valence-electron chi connectivity index (χ4n) is 0.750. The first-order valence-corrected chi connectivity index (χ1v) is 3.63. The molecule has 0 aromatic heterocycles. The van der Waals surface area contributed by atoms with Gasteiger partial charge in [0, 0.05) is 6.21 Å². The van der Waals surface area contributed by atoms with Crippen LogP contribution in [0.4, 0.5) is 0 Å². The van der Waals surface area contributed by atoms with Gasteiger partial charge >= 0.3 is 0 Å². The lowest BCUT2D eigenvalue weighted by Gasteiger charge is -1.90. The van der Waals surface area contributed by atoms with Gasteiger partial charge in [0.2, 0.25) is 0 Å². The monoisotopic (exact) mass is 165 g/mol. The summed E-state index contributed by atoms with van der Waals surface area (Å²) in [6, 6.07) is 9.67. The van der Waals surface area contributed by atoms with E-state index in [1.807, 2.05) is 30.3 Å². The van der Waals surface area contributed by atoms with Crippen molar-refractivity contribution in [1.82, 2.24) is 0 Å². The summed E-state index contributed by atoms with van der Waals surface area (Å²) in [6.07, 6.45) is 2.86. The van der Waals surface area contributed by atoms with Gasteiger partial charge in [-0.05, 0) is 11.6 Å². The highest BCUT2D eigenvalue weighted by Gasteiger charge is 1.86. The molecule has 0 heterocycles. The molecule has 2 heteroatoms. The summed E-state index contributed by atoms with van der Waals surface area (Å²) in [5.41, 5.74) is 1.01. The van der Waals surface area contributed by atoms with Gasteiger partial charge in [-0.25, -0.2) is 0 Å². The van der Waals surface area contributed by atoms with Crippen LogP contribution in [0.15, 0.2) is 35.4 Å². The van der Waals surface area contributed by atoms with Gasteiger partial charge in [0.1, 0.15) is 0 Å². The van der Waals surface area contributed by atoms with Crippen LogP contribution in [-0.4, -0.2) is 6.21 Å². The molecule has 0 atom stereocenters. The minimum atomic E-state index is 0.441. The zero-order valence-corrected chi connectivity index (χ0v) is 6.68. The second-order valence-corrected chi connectivity index (χ2v) is 2.52. The van der Waals surface area contributed by atoms with E-state index in [-0.39, 0.29) is 0 Å². The number of benzene rings is 1. The molecular formula is C9H8ClN. The Balaban J connectivity index is 2.87. The molecule has 1 aromatic rings. The van der Waals surface area contributed by atoms with Crippen LogP contribution >= 0.6 is 11.6 Å². The molecule has 0 saturated carbocycles. The van der Waals surface area contributed by atoms with Crippen molar-refractivity contribution in [3.8, 4) is 0 Å². The maximum Gasteiger partial charge on any atom is 0.0587 e. The minimum Gasteiger partial charge on any atom is -0.307 e. The third kappa shape index (κ3) is 2.56. The number of hydrogen-bond acceptors (Lipinski definition) is 1. The highest BCUT2D eigenvalue weighted by atomic mass is 35.5. The van der Waals surface area contributed by atoms with Crippen molar-refractivity contribution in [2.24, 2.45) is 0 Å². The van der Waals surface area contributed by atoms with Crippen molar-refractivity contribution in [3.63, 3.8) is 0 Å². The molecule has 1 aromatic carbocycles. The van der Waals surface area contributed by atoms with Gasteiger partial charge in [-0.2, -0.15) is 0 Å². The summed E-state index contributed by atoms with van der Waals surface area (Å²) >= 11 is 5.62. The molecule has 56 valence electrons. The summed E-state index contributed by atoms with van der Waals surface area (Å²) in [4.78, 5) is 0. The zero-order chi connectivity index (χ0) is 8.10. The topological polar surface area (TPSA) is 23.9 Å². The third-order valence-electron chi connectivity index (χ3n) is 1.24. The quantitative estimate of drug-likeness (QED) is 0.652. The largest absolute Gasteiger partial charge is 0.307 e. The van der Waals surface area contributed by atoms with Crippen molar-refractivity contribution in [1.29, 1.82) is 5.41 Å². The molecular weight excluding hydrogens is 158 g/mol. The van der Waals surface area contributed by atoms with E-state index in [0.29, 0.717) is 5.03 Å². The lowest BCUT2D eigenvalue weighted by molar-refractivity contribution is 1.57. The maximum atomic E-state index is 6.83. The summed E-state index contributed by atoms with van der Waals surface area (Å²) in [5.74, 6) is 0. The van der Waals surface area contributed by atoms with E-state index < -0.39 is 0 Å². The maximum absolute atomic E-state index is 6.83. The van der Waals surface area contributed by atoms with Crippen LogP contribution in [-0.2, 0) is 0 Å². The fourth-order valence-corrected chi connectivity index (χ4v) is 0.876. The number of nitrogens with one attached hydrogen (secondary N) is 1. The normalized spacial score (nSPS) is 11.2. The molecule has 0 saturated heterocycles. The summed E-state index contributed by atoms with van der Waals surface area (Å²) in [5, 5.41) is 7.27. The van der Waals surface area contributed by atoms with Crippen LogP contribution in [0, 0.1) is 5.41 Å². The van der Waals surface area contributed by atoms with Crippen LogP contribution in [0.5, 0.6) is 0 Å². The first kappa shape index (κ1) is 8.02. The predicted molar refractivity (Wildman–Crippen MR) is 49.1 cm³/mol. The van der Waals surface area contributed by atoms with E-state index in [0.717, 1.165) is 11.8 Å². The van der Waals surface area contributed by atoms with Crippen LogP contribution in [0.1, 0.15) is 5.56 Å². The van der Waals surface area contributed by atoms with Crippen molar-refractivity contribution in [2.45, 2.75) is 0 Å². The molecule has 1 nitrogen and oxygen atoms in total. The van der Waals surface area contributed by atoms with E-state index in [4.69, 9.17) is 17.0 Å². The summed E-state index contributed by atoms with van der Waals surface area (Å²) < 4.78 is 0. The van der Waals surface area contributed by atoms with Crippen LogP contribution in [0.3, 0.4) is 0 Å². The minimum absolute atomic E-state index is 0.441. The van der Waals surface area contributed by atoms with Gasteiger partial charge in [0.25, 0.3) is 0 Å². The number of rotatable bonds is 2. The molecule has 0 fully saturated rings. The zero-order valence-electron chi connectivity index (χ0n) is 5.92. The fraction of sp³-hybridized carbons (Fsp3) is 0. The Morgan fingerprint density at radius 2 is 1.91 bits per heavy atom. The van der Waals surface area contributed by atoms with Gasteiger partial charge < -0.3 is 5.41 Å². The molecule has 0 bridgehead atoms. The molecule has 0 aliphatic heterocycles. The highest BCUT2D eigenvalue weighted by Crippen LogP contribution is 2.06. The lowest BCUT2D eigenvalue weighted by Crippen LogP contribution is -1.73. The molecule has 0 aliphatic rings.